The SMILES string of the molecule is CN(C)C(=O)N1CCN(c2nc(Nc3ccc(F)c(Cl)c3)ncc2Br)CC1. The standard InChI is InChI=1S/C17H19BrClFN6O/c1-24(2)17(27)26-7-5-25(6-8-26)15-12(18)10-21-16(23-15)22-11-3-4-14(20)13(19)9-11/h3-4,9-10H,5-8H2,1-2H3,(H,21,22,23). The zero-order valence-corrected chi connectivity index (χ0v) is 17.3. The number of hydrogen-bond donors (Lipinski definition) is 1. The number of urea groups is 1. The minimum atomic E-state index is -0.482. The number of halogens is 3. The Labute approximate surface area is 170 Å². The van der Waals surface area contributed by atoms with Gasteiger partial charge in [-0.3, -0.25) is 0 Å². The summed E-state index contributed by atoms with van der Waals surface area (Å²) < 4.78 is 14.1. The molecule has 0 radical (unpaired) electrons. The van der Waals surface area contributed by atoms with Crippen LogP contribution < -0.4 is 10.2 Å². The van der Waals surface area contributed by atoms with Crippen LogP contribution in [-0.2, 0) is 0 Å². The lowest BCUT2D eigenvalue weighted by Gasteiger charge is -2.36. The maximum Gasteiger partial charge on any atom is 0.319 e. The number of benzene rings is 1. The summed E-state index contributed by atoms with van der Waals surface area (Å²) in [6.07, 6.45) is 1.66. The van der Waals surface area contributed by atoms with E-state index < -0.39 is 5.82 Å². The molecule has 0 saturated carbocycles. The first-order valence-corrected chi connectivity index (χ1v) is 9.48. The van der Waals surface area contributed by atoms with Gasteiger partial charge < -0.3 is 20.0 Å². The first kappa shape index (κ1) is 19.6. The van der Waals surface area contributed by atoms with Gasteiger partial charge in [0.1, 0.15) is 11.6 Å². The minimum absolute atomic E-state index is 0.00643. The van der Waals surface area contributed by atoms with E-state index in [2.05, 4.69) is 36.1 Å². The molecule has 7 nitrogen and oxygen atoms in total. The highest BCUT2D eigenvalue weighted by Crippen LogP contribution is 2.27. The summed E-state index contributed by atoms with van der Waals surface area (Å²) in [5.74, 6) is 0.630. The molecule has 3 rings (SSSR count). The molecule has 2 heterocycles. The fourth-order valence-electron chi connectivity index (χ4n) is 2.74. The molecule has 1 saturated heterocycles. The summed E-state index contributed by atoms with van der Waals surface area (Å²) in [5, 5.41) is 3.06. The normalized spacial score (nSPS) is 14.3. The number of nitrogens with zero attached hydrogens (tertiary/aromatic N) is 5. The smallest absolute Gasteiger partial charge is 0.319 e. The average Bonchev–Trinajstić information content (AvgIpc) is 2.66. The van der Waals surface area contributed by atoms with E-state index in [0.29, 0.717) is 37.8 Å². The van der Waals surface area contributed by atoms with Gasteiger partial charge in [0.25, 0.3) is 0 Å². The molecule has 1 aromatic carbocycles. The van der Waals surface area contributed by atoms with Crippen molar-refractivity contribution in [3.63, 3.8) is 0 Å². The zero-order chi connectivity index (χ0) is 19.6. The summed E-state index contributed by atoms with van der Waals surface area (Å²) in [7, 11) is 3.49. The van der Waals surface area contributed by atoms with E-state index in [1.165, 1.54) is 12.1 Å². The number of rotatable bonds is 3. The van der Waals surface area contributed by atoms with E-state index in [1.807, 2.05) is 4.90 Å². The highest BCUT2D eigenvalue weighted by atomic mass is 79.9. The number of piperazine rings is 1. The highest BCUT2D eigenvalue weighted by molar-refractivity contribution is 9.10. The van der Waals surface area contributed by atoms with Crippen LogP contribution in [0, 0.1) is 5.82 Å². The molecule has 0 aliphatic carbocycles. The van der Waals surface area contributed by atoms with E-state index in [4.69, 9.17) is 11.6 Å². The molecule has 0 spiro atoms. The summed E-state index contributed by atoms with van der Waals surface area (Å²) in [6.45, 7) is 2.56. The molecule has 0 bridgehead atoms. The van der Waals surface area contributed by atoms with Gasteiger partial charge in [-0.25, -0.2) is 14.2 Å². The first-order valence-electron chi connectivity index (χ1n) is 8.31. The van der Waals surface area contributed by atoms with Crippen LogP contribution in [0.15, 0.2) is 28.9 Å². The Morgan fingerprint density at radius 3 is 2.63 bits per heavy atom. The van der Waals surface area contributed by atoms with Crippen LogP contribution in [0.1, 0.15) is 0 Å². The lowest BCUT2D eigenvalue weighted by molar-refractivity contribution is 0.168. The van der Waals surface area contributed by atoms with Crippen LogP contribution in [0.3, 0.4) is 0 Å². The molecule has 1 aliphatic heterocycles. The van der Waals surface area contributed by atoms with Crippen molar-refractivity contribution < 1.29 is 9.18 Å². The Balaban J connectivity index is 1.72. The Hall–Kier alpha value is -2.13. The lowest BCUT2D eigenvalue weighted by atomic mass is 10.3. The third-order valence-electron chi connectivity index (χ3n) is 4.13. The third kappa shape index (κ3) is 4.59. The molecule has 1 N–H and O–H groups in total. The van der Waals surface area contributed by atoms with Crippen molar-refractivity contribution in [1.82, 2.24) is 19.8 Å². The molecular formula is C17H19BrClFN6O. The predicted molar refractivity (Wildman–Crippen MR) is 107 cm³/mol. The summed E-state index contributed by atoms with van der Waals surface area (Å²) in [6, 6.07) is 4.34. The second-order valence-electron chi connectivity index (χ2n) is 6.27. The van der Waals surface area contributed by atoms with Crippen molar-refractivity contribution in [2.24, 2.45) is 0 Å². The van der Waals surface area contributed by atoms with Crippen LogP contribution in [0.4, 0.5) is 26.6 Å². The Morgan fingerprint density at radius 1 is 1.30 bits per heavy atom. The first-order chi connectivity index (χ1) is 12.8. The van der Waals surface area contributed by atoms with Gasteiger partial charge in [-0.15, -0.1) is 0 Å². The van der Waals surface area contributed by atoms with Crippen LogP contribution in [0.5, 0.6) is 0 Å². The van der Waals surface area contributed by atoms with Gasteiger partial charge in [-0.2, -0.15) is 4.98 Å². The van der Waals surface area contributed by atoms with Crippen molar-refractivity contribution in [1.29, 1.82) is 0 Å². The molecule has 0 atom stereocenters. The Kier molecular flexibility index (Phi) is 6.01. The van der Waals surface area contributed by atoms with Gasteiger partial charge >= 0.3 is 6.03 Å². The second-order valence-corrected chi connectivity index (χ2v) is 7.53. The number of carbonyl (C=O) groups excluding carboxylic acids is 1. The number of amides is 2. The van der Waals surface area contributed by atoms with Crippen molar-refractivity contribution in [2.45, 2.75) is 0 Å². The second kappa shape index (κ2) is 8.26. The number of carbonyl (C=O) groups is 1. The summed E-state index contributed by atoms with van der Waals surface area (Å²) in [4.78, 5) is 26.3. The van der Waals surface area contributed by atoms with Gasteiger partial charge in [-0.05, 0) is 34.1 Å². The van der Waals surface area contributed by atoms with Gasteiger partial charge in [0.05, 0.1) is 9.50 Å². The summed E-state index contributed by atoms with van der Waals surface area (Å²) in [5.41, 5.74) is 0.594. The number of nitrogens with one attached hydrogen (secondary N) is 1. The lowest BCUT2D eigenvalue weighted by Crippen LogP contribution is -2.51. The molecule has 1 aromatic heterocycles. The number of anilines is 3. The van der Waals surface area contributed by atoms with Crippen molar-refractivity contribution in [3.05, 3.63) is 39.7 Å². The van der Waals surface area contributed by atoms with Crippen LogP contribution in [0.2, 0.25) is 5.02 Å². The maximum atomic E-state index is 13.3. The van der Waals surface area contributed by atoms with Gasteiger partial charge in [0.15, 0.2) is 0 Å². The van der Waals surface area contributed by atoms with Crippen molar-refractivity contribution in [3.8, 4) is 0 Å². The van der Waals surface area contributed by atoms with Crippen LogP contribution in [-0.4, -0.2) is 66.1 Å². The van der Waals surface area contributed by atoms with Crippen molar-refractivity contribution >= 4 is 51.0 Å². The van der Waals surface area contributed by atoms with E-state index >= 15 is 0 Å². The molecule has 0 unspecified atom stereocenters. The molecule has 10 heteroatoms. The molecule has 27 heavy (non-hydrogen) atoms. The highest BCUT2D eigenvalue weighted by Gasteiger charge is 2.24. The van der Waals surface area contributed by atoms with E-state index in [9.17, 15) is 9.18 Å². The van der Waals surface area contributed by atoms with Gasteiger partial charge in [0.2, 0.25) is 5.95 Å². The molecule has 2 aromatic rings. The number of hydrogen-bond acceptors (Lipinski definition) is 5. The Morgan fingerprint density at radius 2 is 2.00 bits per heavy atom. The fourth-order valence-corrected chi connectivity index (χ4v) is 3.36. The quantitative estimate of drug-likeness (QED) is 0.763. The monoisotopic (exact) mass is 456 g/mol. The zero-order valence-electron chi connectivity index (χ0n) is 14.9. The van der Waals surface area contributed by atoms with Gasteiger partial charge in [-0.1, -0.05) is 11.6 Å². The molecule has 1 fully saturated rings. The predicted octanol–water partition coefficient (Wildman–Crippen LogP) is 3.58. The molecule has 1 aliphatic rings. The van der Waals surface area contributed by atoms with E-state index in [1.54, 1.807) is 31.3 Å². The minimum Gasteiger partial charge on any atom is -0.352 e. The Bertz CT molecular complexity index is 844. The number of aromatic nitrogens is 2. The van der Waals surface area contributed by atoms with Crippen molar-refractivity contribution in [2.75, 3.05) is 50.5 Å². The van der Waals surface area contributed by atoms with E-state index in [0.717, 1.165) is 10.3 Å². The maximum absolute atomic E-state index is 13.3. The summed E-state index contributed by atoms with van der Waals surface area (Å²) >= 11 is 9.30. The fraction of sp³-hybridized carbons (Fsp3) is 0.353. The topological polar surface area (TPSA) is 64.6 Å². The molecule has 2 amide bonds. The third-order valence-corrected chi connectivity index (χ3v) is 4.98. The molecule has 144 valence electrons. The van der Waals surface area contributed by atoms with E-state index in [-0.39, 0.29) is 11.1 Å². The van der Waals surface area contributed by atoms with Gasteiger partial charge in [0, 0.05) is 52.2 Å². The largest absolute Gasteiger partial charge is 0.352 e. The molecular weight excluding hydrogens is 439 g/mol. The average molecular weight is 458 g/mol. The van der Waals surface area contributed by atoms with Crippen LogP contribution in [0.25, 0.3) is 0 Å². The van der Waals surface area contributed by atoms with Crippen LogP contribution >= 0.6 is 27.5 Å².